The lowest BCUT2D eigenvalue weighted by Gasteiger charge is -2.15. The number of hydrogen-bond acceptors (Lipinski definition) is 4. The van der Waals surface area contributed by atoms with Crippen LogP contribution in [0.15, 0.2) is 66.0 Å². The van der Waals surface area contributed by atoms with Crippen molar-refractivity contribution in [3.63, 3.8) is 0 Å². The Hall–Kier alpha value is -3.26. The van der Waals surface area contributed by atoms with Crippen LogP contribution < -0.4 is 11.0 Å². The first-order valence-corrected chi connectivity index (χ1v) is 8.32. The molecule has 2 aromatic carbocycles. The SMILES string of the molecule is C=C[C@H](NC(=O)Cn1nnn(-c2ccc(F)cc2)c1=O)c1ccc(Cl)cc1. The third kappa shape index (κ3) is 4.29. The first-order valence-electron chi connectivity index (χ1n) is 7.94. The molecule has 0 bridgehead atoms. The summed E-state index contributed by atoms with van der Waals surface area (Å²) >= 11 is 5.86. The summed E-state index contributed by atoms with van der Waals surface area (Å²) in [5, 5.41) is 10.7. The van der Waals surface area contributed by atoms with Crippen LogP contribution in [-0.2, 0) is 11.3 Å². The molecular formula is C18H15ClFN5O2. The van der Waals surface area contributed by atoms with Gasteiger partial charge in [-0.1, -0.05) is 29.8 Å². The average Bonchev–Trinajstić information content (AvgIpc) is 3.01. The van der Waals surface area contributed by atoms with Crippen molar-refractivity contribution in [3.05, 3.63) is 88.1 Å². The highest BCUT2D eigenvalue weighted by molar-refractivity contribution is 6.30. The number of amides is 1. The molecule has 1 aromatic heterocycles. The molecule has 0 saturated carbocycles. The molecule has 0 aliphatic heterocycles. The molecule has 0 aliphatic rings. The van der Waals surface area contributed by atoms with E-state index < -0.39 is 23.5 Å². The molecule has 1 amide bonds. The van der Waals surface area contributed by atoms with Gasteiger partial charge in [0, 0.05) is 5.02 Å². The minimum atomic E-state index is -0.613. The first kappa shape index (κ1) is 18.5. The monoisotopic (exact) mass is 387 g/mol. The van der Waals surface area contributed by atoms with E-state index in [1.165, 1.54) is 24.3 Å². The largest absolute Gasteiger partial charge is 0.368 e. The lowest BCUT2D eigenvalue weighted by molar-refractivity contribution is -0.122. The van der Waals surface area contributed by atoms with Crippen molar-refractivity contribution < 1.29 is 9.18 Å². The van der Waals surface area contributed by atoms with E-state index in [0.29, 0.717) is 10.7 Å². The van der Waals surface area contributed by atoms with E-state index in [2.05, 4.69) is 22.3 Å². The zero-order chi connectivity index (χ0) is 19.4. The lowest BCUT2D eigenvalue weighted by atomic mass is 10.1. The van der Waals surface area contributed by atoms with Crippen LogP contribution in [0.5, 0.6) is 0 Å². The van der Waals surface area contributed by atoms with Crippen LogP contribution in [0.4, 0.5) is 4.39 Å². The summed E-state index contributed by atoms with van der Waals surface area (Å²) in [5.41, 5.74) is 0.529. The van der Waals surface area contributed by atoms with Gasteiger partial charge in [-0.25, -0.2) is 9.18 Å². The number of aromatic nitrogens is 4. The Bertz CT molecular complexity index is 1010. The summed E-state index contributed by atoms with van der Waals surface area (Å²) in [7, 11) is 0. The quantitative estimate of drug-likeness (QED) is 0.658. The van der Waals surface area contributed by atoms with Gasteiger partial charge in [0.25, 0.3) is 0 Å². The second-order valence-electron chi connectivity index (χ2n) is 5.64. The van der Waals surface area contributed by atoms with Gasteiger partial charge >= 0.3 is 5.69 Å². The van der Waals surface area contributed by atoms with Gasteiger partial charge in [0.15, 0.2) is 0 Å². The van der Waals surface area contributed by atoms with Crippen LogP contribution in [0.3, 0.4) is 0 Å². The van der Waals surface area contributed by atoms with Gasteiger partial charge in [-0.05, 0) is 52.4 Å². The number of halogens is 2. The Morgan fingerprint density at radius 3 is 2.48 bits per heavy atom. The Morgan fingerprint density at radius 2 is 1.85 bits per heavy atom. The number of carbonyl (C=O) groups is 1. The maximum absolute atomic E-state index is 13.0. The van der Waals surface area contributed by atoms with Crippen molar-refractivity contribution in [2.45, 2.75) is 12.6 Å². The molecule has 138 valence electrons. The summed E-state index contributed by atoms with van der Waals surface area (Å²) < 4.78 is 14.9. The van der Waals surface area contributed by atoms with Crippen molar-refractivity contribution in [1.29, 1.82) is 0 Å². The molecule has 1 heterocycles. The van der Waals surface area contributed by atoms with Crippen molar-refractivity contribution in [2.75, 3.05) is 0 Å². The Labute approximate surface area is 158 Å². The van der Waals surface area contributed by atoms with Crippen LogP contribution in [-0.4, -0.2) is 25.7 Å². The highest BCUT2D eigenvalue weighted by Crippen LogP contribution is 2.17. The molecule has 9 heteroatoms. The summed E-state index contributed by atoms with van der Waals surface area (Å²) in [6.45, 7) is 3.39. The van der Waals surface area contributed by atoms with Gasteiger partial charge in [-0.15, -0.1) is 6.58 Å². The van der Waals surface area contributed by atoms with E-state index in [1.54, 1.807) is 30.3 Å². The summed E-state index contributed by atoms with van der Waals surface area (Å²) in [4.78, 5) is 24.6. The molecule has 3 rings (SSSR count). The van der Waals surface area contributed by atoms with E-state index in [-0.39, 0.29) is 6.54 Å². The average molecular weight is 388 g/mol. The number of carbonyl (C=O) groups excluding carboxylic acids is 1. The molecular weight excluding hydrogens is 373 g/mol. The van der Waals surface area contributed by atoms with Crippen LogP contribution in [0, 0.1) is 5.82 Å². The molecule has 7 nitrogen and oxygen atoms in total. The van der Waals surface area contributed by atoms with Gasteiger partial charge in [-0.3, -0.25) is 4.79 Å². The van der Waals surface area contributed by atoms with E-state index in [1.807, 2.05) is 0 Å². The topological polar surface area (TPSA) is 81.8 Å². The van der Waals surface area contributed by atoms with Gasteiger partial charge in [-0.2, -0.15) is 9.36 Å². The first-order chi connectivity index (χ1) is 13.0. The molecule has 1 atom stereocenters. The van der Waals surface area contributed by atoms with Crippen molar-refractivity contribution in [2.24, 2.45) is 0 Å². The third-order valence-electron chi connectivity index (χ3n) is 3.79. The summed E-state index contributed by atoms with van der Waals surface area (Å²) in [6, 6.07) is 11.7. The molecule has 0 spiro atoms. The van der Waals surface area contributed by atoms with Crippen LogP contribution in [0.25, 0.3) is 5.69 Å². The highest BCUT2D eigenvalue weighted by Gasteiger charge is 2.15. The molecule has 1 N–H and O–H groups in total. The fourth-order valence-electron chi connectivity index (χ4n) is 2.42. The number of benzene rings is 2. The number of rotatable bonds is 6. The van der Waals surface area contributed by atoms with Crippen LogP contribution in [0.2, 0.25) is 5.02 Å². The second-order valence-corrected chi connectivity index (χ2v) is 6.08. The Kier molecular flexibility index (Phi) is 5.46. The molecule has 0 radical (unpaired) electrons. The van der Waals surface area contributed by atoms with E-state index in [0.717, 1.165) is 14.9 Å². The smallest absolute Gasteiger partial charge is 0.344 e. The van der Waals surface area contributed by atoms with Gasteiger partial charge in [0.1, 0.15) is 12.4 Å². The summed E-state index contributed by atoms with van der Waals surface area (Å²) in [6.07, 6.45) is 1.57. The highest BCUT2D eigenvalue weighted by atomic mass is 35.5. The van der Waals surface area contributed by atoms with Crippen LogP contribution in [0.1, 0.15) is 11.6 Å². The number of tetrazole rings is 1. The molecule has 0 aliphatic carbocycles. The zero-order valence-electron chi connectivity index (χ0n) is 14.0. The van der Waals surface area contributed by atoms with Crippen molar-refractivity contribution in [1.82, 2.24) is 25.1 Å². The third-order valence-corrected chi connectivity index (χ3v) is 4.04. The van der Waals surface area contributed by atoms with Crippen molar-refractivity contribution >= 4 is 17.5 Å². The molecule has 0 saturated heterocycles. The molecule has 27 heavy (non-hydrogen) atoms. The lowest BCUT2D eigenvalue weighted by Crippen LogP contribution is -2.35. The van der Waals surface area contributed by atoms with E-state index in [4.69, 9.17) is 11.6 Å². The standard InChI is InChI=1S/C18H15ClFN5O2/c1-2-16(12-3-5-13(19)6-4-12)21-17(26)11-24-18(27)25(23-22-24)15-9-7-14(20)8-10-15/h2-10,16H,1,11H2,(H,21,26)/t16-/m0/s1. The van der Waals surface area contributed by atoms with E-state index in [9.17, 15) is 14.0 Å². The number of hydrogen-bond donors (Lipinski definition) is 1. The summed E-state index contributed by atoms with van der Waals surface area (Å²) in [5.74, 6) is -0.876. The molecule has 3 aromatic rings. The number of nitrogens with one attached hydrogen (secondary N) is 1. The fraction of sp³-hybridized carbons (Fsp3) is 0.111. The minimum absolute atomic E-state index is 0.321. The van der Waals surface area contributed by atoms with Gasteiger partial charge in [0.05, 0.1) is 11.7 Å². The predicted octanol–water partition coefficient (Wildman–Crippen LogP) is 2.26. The minimum Gasteiger partial charge on any atom is -0.344 e. The molecule has 0 fully saturated rings. The fourth-order valence-corrected chi connectivity index (χ4v) is 2.55. The normalized spacial score (nSPS) is 11.8. The van der Waals surface area contributed by atoms with E-state index >= 15 is 0 Å². The van der Waals surface area contributed by atoms with Gasteiger partial charge < -0.3 is 5.32 Å². The second kappa shape index (κ2) is 7.96. The maximum atomic E-state index is 13.0. The predicted molar refractivity (Wildman–Crippen MR) is 98.1 cm³/mol. The van der Waals surface area contributed by atoms with Crippen molar-refractivity contribution in [3.8, 4) is 5.69 Å². The Balaban J connectivity index is 1.72. The zero-order valence-corrected chi connectivity index (χ0v) is 14.8. The Morgan fingerprint density at radius 1 is 1.19 bits per heavy atom. The number of nitrogens with zero attached hydrogens (tertiary/aromatic N) is 4. The van der Waals surface area contributed by atoms with Crippen LogP contribution >= 0.6 is 11.6 Å². The maximum Gasteiger partial charge on any atom is 0.368 e. The van der Waals surface area contributed by atoms with Gasteiger partial charge in [0.2, 0.25) is 5.91 Å². The molecule has 0 unspecified atom stereocenters.